The second kappa shape index (κ2) is 7.33. The maximum absolute atomic E-state index is 12.6. The zero-order chi connectivity index (χ0) is 19.9. The number of benzene rings is 1. The summed E-state index contributed by atoms with van der Waals surface area (Å²) in [6, 6.07) is 5.66. The Bertz CT molecular complexity index is 1080. The van der Waals surface area contributed by atoms with Gasteiger partial charge < -0.3 is 10.3 Å². The summed E-state index contributed by atoms with van der Waals surface area (Å²) in [6.07, 6.45) is 6.10. The number of carbonyl (C=O) groups excluding carboxylic acids is 1. The van der Waals surface area contributed by atoms with Crippen molar-refractivity contribution in [2.24, 2.45) is 5.92 Å². The fourth-order valence-electron chi connectivity index (χ4n) is 4.33. The summed E-state index contributed by atoms with van der Waals surface area (Å²) >= 11 is 0. The fourth-order valence-corrected chi connectivity index (χ4v) is 5.21. The Morgan fingerprint density at radius 3 is 2.50 bits per heavy atom. The van der Waals surface area contributed by atoms with E-state index in [9.17, 15) is 18.0 Å². The molecular weight excluding hydrogens is 378 g/mol. The van der Waals surface area contributed by atoms with Crippen LogP contribution in [0.5, 0.6) is 0 Å². The Balaban J connectivity index is 1.51. The first-order chi connectivity index (χ1) is 13.3. The van der Waals surface area contributed by atoms with Gasteiger partial charge >= 0.3 is 0 Å². The molecule has 2 aromatic rings. The van der Waals surface area contributed by atoms with Gasteiger partial charge in [-0.3, -0.25) is 9.59 Å². The highest BCUT2D eigenvalue weighted by Crippen LogP contribution is 2.28. The van der Waals surface area contributed by atoms with Crippen LogP contribution in [0.1, 0.15) is 36.8 Å². The number of anilines is 1. The highest BCUT2D eigenvalue weighted by Gasteiger charge is 2.29. The van der Waals surface area contributed by atoms with Crippen molar-refractivity contribution in [3.05, 3.63) is 39.7 Å². The van der Waals surface area contributed by atoms with E-state index in [1.165, 1.54) is 10.6 Å². The number of hydrogen-bond acceptors (Lipinski definition) is 4. The van der Waals surface area contributed by atoms with Gasteiger partial charge in [0.2, 0.25) is 15.9 Å². The lowest BCUT2D eigenvalue weighted by molar-refractivity contribution is -0.120. The SMILES string of the molecule is CS(=O)(=O)N1CCC(C(=O)Nc2ccc3c4c(c(=O)[nH]c3c2)CCCC4)CC1. The third kappa shape index (κ3) is 3.71. The van der Waals surface area contributed by atoms with E-state index in [-0.39, 0.29) is 17.4 Å². The topological polar surface area (TPSA) is 99.3 Å². The Morgan fingerprint density at radius 2 is 1.82 bits per heavy atom. The van der Waals surface area contributed by atoms with Crippen molar-refractivity contribution in [2.45, 2.75) is 38.5 Å². The summed E-state index contributed by atoms with van der Waals surface area (Å²) in [5.41, 5.74) is 3.40. The molecule has 1 fully saturated rings. The standard InChI is InChI=1S/C20H25N3O4S/c1-28(26,27)23-10-8-13(9-11-23)19(24)21-14-6-7-16-15-4-2-3-5-17(15)20(25)22-18(16)12-14/h6-7,12-13H,2-5,8-11H2,1H3,(H,21,24)(H,22,25). The molecule has 0 atom stereocenters. The average Bonchev–Trinajstić information content (AvgIpc) is 2.67. The Labute approximate surface area is 164 Å². The summed E-state index contributed by atoms with van der Waals surface area (Å²) < 4.78 is 24.6. The number of aromatic amines is 1. The second-order valence-corrected chi connectivity index (χ2v) is 9.79. The molecule has 2 aliphatic rings. The Hall–Kier alpha value is -2.19. The van der Waals surface area contributed by atoms with Crippen LogP contribution in [0.2, 0.25) is 0 Å². The van der Waals surface area contributed by atoms with Gasteiger partial charge in [0.1, 0.15) is 0 Å². The number of rotatable bonds is 3. The van der Waals surface area contributed by atoms with Crippen LogP contribution in [0, 0.1) is 5.92 Å². The number of sulfonamides is 1. The molecular formula is C20H25N3O4S. The summed E-state index contributed by atoms with van der Waals surface area (Å²) in [7, 11) is -3.20. The predicted molar refractivity (Wildman–Crippen MR) is 109 cm³/mol. The molecule has 1 aromatic carbocycles. The molecule has 4 rings (SSSR count). The molecule has 0 radical (unpaired) electrons. The molecule has 0 bridgehead atoms. The zero-order valence-corrected chi connectivity index (χ0v) is 16.8. The first-order valence-electron chi connectivity index (χ1n) is 9.77. The number of H-pyrrole nitrogens is 1. The molecule has 1 aliphatic heterocycles. The number of pyridine rings is 1. The van der Waals surface area contributed by atoms with Crippen LogP contribution in [-0.2, 0) is 27.7 Å². The number of nitrogens with zero attached hydrogens (tertiary/aromatic N) is 1. The second-order valence-electron chi connectivity index (χ2n) is 7.80. The molecule has 1 aromatic heterocycles. The minimum Gasteiger partial charge on any atom is -0.326 e. The lowest BCUT2D eigenvalue weighted by Crippen LogP contribution is -2.40. The number of carbonyl (C=O) groups is 1. The van der Waals surface area contributed by atoms with Crippen LogP contribution < -0.4 is 10.9 Å². The Morgan fingerprint density at radius 1 is 1.14 bits per heavy atom. The van der Waals surface area contributed by atoms with Crippen LogP contribution in [0.3, 0.4) is 0 Å². The number of amides is 1. The largest absolute Gasteiger partial charge is 0.326 e. The maximum atomic E-state index is 12.6. The maximum Gasteiger partial charge on any atom is 0.251 e. The first-order valence-corrected chi connectivity index (χ1v) is 11.6. The number of piperidine rings is 1. The molecule has 2 heterocycles. The molecule has 1 amide bonds. The van der Waals surface area contributed by atoms with E-state index < -0.39 is 10.0 Å². The summed E-state index contributed by atoms with van der Waals surface area (Å²) in [5, 5.41) is 3.98. The normalized spacial score (nSPS) is 18.8. The van der Waals surface area contributed by atoms with Gasteiger partial charge in [0.25, 0.3) is 5.56 Å². The minimum absolute atomic E-state index is 0.0289. The average molecular weight is 404 g/mol. The fraction of sp³-hybridized carbons (Fsp3) is 0.500. The first kappa shape index (κ1) is 19.1. The summed E-state index contributed by atoms with van der Waals surface area (Å²) in [4.78, 5) is 27.9. The third-order valence-corrected chi connectivity index (χ3v) is 7.20. The molecule has 1 saturated heterocycles. The van der Waals surface area contributed by atoms with Gasteiger partial charge in [-0.2, -0.15) is 0 Å². The lowest BCUT2D eigenvalue weighted by Gasteiger charge is -2.29. The molecule has 1 aliphatic carbocycles. The van der Waals surface area contributed by atoms with Gasteiger partial charge in [-0.1, -0.05) is 6.07 Å². The van der Waals surface area contributed by atoms with Crippen LogP contribution >= 0.6 is 0 Å². The van der Waals surface area contributed by atoms with Gasteiger partial charge in [0.15, 0.2) is 0 Å². The molecule has 8 heteroatoms. The van der Waals surface area contributed by atoms with E-state index >= 15 is 0 Å². The molecule has 28 heavy (non-hydrogen) atoms. The molecule has 2 N–H and O–H groups in total. The van der Waals surface area contributed by atoms with Crippen LogP contribution in [0.4, 0.5) is 5.69 Å². The van der Waals surface area contributed by atoms with Crippen LogP contribution in [0.25, 0.3) is 10.9 Å². The molecule has 7 nitrogen and oxygen atoms in total. The summed E-state index contributed by atoms with van der Waals surface area (Å²) in [5.74, 6) is -0.316. The van der Waals surface area contributed by atoms with Gasteiger partial charge in [0.05, 0.1) is 11.8 Å². The number of aryl methyl sites for hydroxylation is 1. The monoisotopic (exact) mass is 403 g/mol. The van der Waals surface area contributed by atoms with E-state index in [1.54, 1.807) is 0 Å². The highest BCUT2D eigenvalue weighted by molar-refractivity contribution is 7.88. The van der Waals surface area contributed by atoms with Crippen molar-refractivity contribution in [1.29, 1.82) is 0 Å². The van der Waals surface area contributed by atoms with Crippen molar-refractivity contribution >= 4 is 32.5 Å². The molecule has 0 saturated carbocycles. The van der Waals surface area contributed by atoms with Gasteiger partial charge in [-0.25, -0.2) is 12.7 Å². The lowest BCUT2D eigenvalue weighted by atomic mass is 9.90. The van der Waals surface area contributed by atoms with E-state index in [2.05, 4.69) is 10.3 Å². The predicted octanol–water partition coefficient (Wildman–Crippen LogP) is 2.02. The highest BCUT2D eigenvalue weighted by atomic mass is 32.2. The quantitative estimate of drug-likeness (QED) is 0.819. The number of fused-ring (bicyclic) bond motifs is 3. The number of hydrogen-bond donors (Lipinski definition) is 2. The molecule has 0 spiro atoms. The van der Waals surface area contributed by atoms with Gasteiger partial charge in [0, 0.05) is 35.6 Å². The van der Waals surface area contributed by atoms with E-state index in [1.807, 2.05) is 18.2 Å². The minimum atomic E-state index is -3.20. The number of nitrogens with one attached hydrogen (secondary N) is 2. The van der Waals surface area contributed by atoms with Crippen molar-refractivity contribution in [3.63, 3.8) is 0 Å². The van der Waals surface area contributed by atoms with E-state index in [0.717, 1.165) is 47.7 Å². The smallest absolute Gasteiger partial charge is 0.251 e. The van der Waals surface area contributed by atoms with E-state index in [4.69, 9.17) is 0 Å². The summed E-state index contributed by atoms with van der Waals surface area (Å²) in [6.45, 7) is 0.738. The van der Waals surface area contributed by atoms with Gasteiger partial charge in [-0.15, -0.1) is 0 Å². The van der Waals surface area contributed by atoms with E-state index in [0.29, 0.717) is 31.6 Å². The van der Waals surface area contributed by atoms with Crippen LogP contribution in [0.15, 0.2) is 23.0 Å². The number of aromatic nitrogens is 1. The Kier molecular flexibility index (Phi) is 5.01. The van der Waals surface area contributed by atoms with Gasteiger partial charge in [-0.05, 0) is 56.2 Å². The van der Waals surface area contributed by atoms with Crippen LogP contribution in [-0.4, -0.2) is 43.0 Å². The zero-order valence-electron chi connectivity index (χ0n) is 16.0. The van der Waals surface area contributed by atoms with Crippen molar-refractivity contribution in [2.75, 3.05) is 24.7 Å². The third-order valence-electron chi connectivity index (χ3n) is 5.90. The molecule has 150 valence electrons. The van der Waals surface area contributed by atoms with Crippen molar-refractivity contribution in [1.82, 2.24) is 9.29 Å². The molecule has 0 unspecified atom stereocenters. The van der Waals surface area contributed by atoms with Crippen molar-refractivity contribution in [3.8, 4) is 0 Å². The van der Waals surface area contributed by atoms with Crippen molar-refractivity contribution < 1.29 is 13.2 Å².